The van der Waals surface area contributed by atoms with E-state index in [1.165, 1.54) is 99.8 Å². The number of ether oxygens (including phenoxy) is 1. The Bertz CT molecular complexity index is 1150. The van der Waals surface area contributed by atoms with Crippen LogP contribution in [0.2, 0.25) is 0 Å². The van der Waals surface area contributed by atoms with E-state index in [0.29, 0.717) is 0 Å². The summed E-state index contributed by atoms with van der Waals surface area (Å²) in [5, 5.41) is 2.42. The second kappa shape index (κ2) is 15.6. The average Bonchev–Trinajstić information content (AvgIpc) is 2.96. The molecule has 0 amide bonds. The first kappa shape index (κ1) is 28.3. The number of fused-ring (bicyclic) bond motifs is 1. The molecule has 0 heterocycles. The van der Waals surface area contributed by atoms with E-state index >= 15 is 0 Å². The molecule has 1 aliphatic rings. The monoisotopic (exact) mass is 508 g/mol. The van der Waals surface area contributed by atoms with Crippen molar-refractivity contribution >= 4 is 10.8 Å². The lowest BCUT2D eigenvalue weighted by molar-refractivity contribution is 0.302. The van der Waals surface area contributed by atoms with Gasteiger partial charge in [0.25, 0.3) is 0 Å². The number of benzene rings is 3. The quantitative estimate of drug-likeness (QED) is 0.165. The van der Waals surface area contributed by atoms with Crippen LogP contribution in [0.25, 0.3) is 10.8 Å². The van der Waals surface area contributed by atoms with Gasteiger partial charge in [-0.05, 0) is 96.7 Å². The number of hydrogen-bond donors (Lipinski definition) is 0. The predicted molar refractivity (Wildman–Crippen MR) is 164 cm³/mol. The normalized spacial score (nSPS) is 17.2. The minimum atomic E-state index is 0.735. The highest BCUT2D eigenvalue weighted by Gasteiger charge is 2.21. The maximum atomic E-state index is 5.98. The summed E-state index contributed by atoms with van der Waals surface area (Å²) in [7, 11) is 0. The van der Waals surface area contributed by atoms with Crippen molar-refractivity contribution < 1.29 is 4.74 Å². The van der Waals surface area contributed by atoms with Gasteiger partial charge in [-0.2, -0.15) is 0 Å². The second-order valence-corrected chi connectivity index (χ2v) is 11.4. The van der Waals surface area contributed by atoms with Gasteiger partial charge in [0.05, 0.1) is 6.61 Å². The standard InChI is InChI=1S/C37H48O/c1-3-5-7-9-11-27-38-37-26-25-35-28-32(19-24-36(35)29-37)14-13-31-17-22-34(23-18-31)33-20-15-30(16-21-33)12-10-8-6-4-2/h17-19,22-26,28-30,33H,3-12,15-16,20-21,27H2,1-2H3. The van der Waals surface area contributed by atoms with Crippen LogP contribution in [-0.2, 0) is 0 Å². The fourth-order valence-electron chi connectivity index (χ4n) is 5.91. The molecule has 0 bridgehead atoms. The van der Waals surface area contributed by atoms with E-state index in [9.17, 15) is 0 Å². The lowest BCUT2D eigenvalue weighted by Gasteiger charge is -2.29. The van der Waals surface area contributed by atoms with Crippen molar-refractivity contribution in [3.63, 3.8) is 0 Å². The highest BCUT2D eigenvalue weighted by atomic mass is 16.5. The summed E-state index contributed by atoms with van der Waals surface area (Å²) in [6.45, 7) is 5.35. The van der Waals surface area contributed by atoms with Crippen LogP contribution in [0.15, 0.2) is 60.7 Å². The van der Waals surface area contributed by atoms with Crippen molar-refractivity contribution in [3.8, 4) is 17.6 Å². The van der Waals surface area contributed by atoms with Gasteiger partial charge in [0, 0.05) is 11.1 Å². The van der Waals surface area contributed by atoms with Gasteiger partial charge in [0.2, 0.25) is 0 Å². The molecule has 0 unspecified atom stereocenters. The van der Waals surface area contributed by atoms with Gasteiger partial charge in [0.15, 0.2) is 0 Å². The molecule has 3 aromatic rings. The van der Waals surface area contributed by atoms with Crippen LogP contribution >= 0.6 is 0 Å². The van der Waals surface area contributed by atoms with Crippen LogP contribution in [0.5, 0.6) is 5.75 Å². The first-order chi connectivity index (χ1) is 18.7. The Kier molecular flexibility index (Phi) is 11.6. The van der Waals surface area contributed by atoms with Crippen molar-refractivity contribution in [1.82, 2.24) is 0 Å². The van der Waals surface area contributed by atoms with E-state index in [1.54, 1.807) is 0 Å². The van der Waals surface area contributed by atoms with Gasteiger partial charge >= 0.3 is 0 Å². The van der Waals surface area contributed by atoms with Crippen molar-refractivity contribution in [1.29, 1.82) is 0 Å². The first-order valence-corrected chi connectivity index (χ1v) is 15.5. The molecule has 38 heavy (non-hydrogen) atoms. The maximum absolute atomic E-state index is 5.98. The highest BCUT2D eigenvalue weighted by Crippen LogP contribution is 2.37. The molecular weight excluding hydrogens is 460 g/mol. The topological polar surface area (TPSA) is 9.23 Å². The highest BCUT2D eigenvalue weighted by molar-refractivity contribution is 5.85. The summed E-state index contributed by atoms with van der Waals surface area (Å²) < 4.78 is 5.98. The predicted octanol–water partition coefficient (Wildman–Crippen LogP) is 10.8. The summed E-state index contributed by atoms with van der Waals surface area (Å²) in [6.07, 6.45) is 18.9. The number of rotatable bonds is 13. The smallest absolute Gasteiger partial charge is 0.119 e. The summed E-state index contributed by atoms with van der Waals surface area (Å²) in [6, 6.07) is 21.9. The number of hydrogen-bond acceptors (Lipinski definition) is 1. The van der Waals surface area contributed by atoms with Gasteiger partial charge in [0.1, 0.15) is 5.75 Å². The summed E-state index contributed by atoms with van der Waals surface area (Å²) in [5.74, 6) is 9.43. The summed E-state index contributed by atoms with van der Waals surface area (Å²) >= 11 is 0. The van der Waals surface area contributed by atoms with E-state index in [-0.39, 0.29) is 0 Å². The average molecular weight is 509 g/mol. The molecule has 1 aliphatic carbocycles. The molecule has 0 N–H and O–H groups in total. The zero-order valence-electron chi connectivity index (χ0n) is 23.9. The van der Waals surface area contributed by atoms with Gasteiger partial charge in [-0.1, -0.05) is 108 Å². The third-order valence-corrected chi connectivity index (χ3v) is 8.37. The van der Waals surface area contributed by atoms with Crippen molar-refractivity contribution in [2.75, 3.05) is 6.61 Å². The van der Waals surface area contributed by atoms with E-state index in [2.05, 4.69) is 86.4 Å². The fraction of sp³-hybridized carbons (Fsp3) is 0.514. The van der Waals surface area contributed by atoms with Crippen molar-refractivity contribution in [2.24, 2.45) is 5.92 Å². The second-order valence-electron chi connectivity index (χ2n) is 11.4. The van der Waals surface area contributed by atoms with Crippen LogP contribution < -0.4 is 4.74 Å². The molecule has 1 heteroatoms. The van der Waals surface area contributed by atoms with E-state index < -0.39 is 0 Å². The van der Waals surface area contributed by atoms with Gasteiger partial charge in [-0.3, -0.25) is 0 Å². The molecule has 0 saturated heterocycles. The Morgan fingerprint density at radius 1 is 0.632 bits per heavy atom. The van der Waals surface area contributed by atoms with Gasteiger partial charge < -0.3 is 4.74 Å². The molecule has 3 aromatic carbocycles. The van der Waals surface area contributed by atoms with Crippen LogP contribution in [0.1, 0.15) is 126 Å². The minimum absolute atomic E-state index is 0.735. The van der Waals surface area contributed by atoms with Crippen molar-refractivity contribution in [2.45, 2.75) is 110 Å². The van der Waals surface area contributed by atoms with Crippen LogP contribution in [-0.4, -0.2) is 6.61 Å². The van der Waals surface area contributed by atoms with E-state index in [1.807, 2.05) is 0 Å². The molecule has 0 radical (unpaired) electrons. The minimum Gasteiger partial charge on any atom is -0.494 e. The third kappa shape index (κ3) is 8.94. The van der Waals surface area contributed by atoms with Crippen LogP contribution in [0.3, 0.4) is 0 Å². The Balaban J connectivity index is 1.26. The molecule has 202 valence electrons. The molecule has 1 saturated carbocycles. The Morgan fingerprint density at radius 3 is 2.03 bits per heavy atom. The molecule has 1 nitrogen and oxygen atoms in total. The molecule has 0 aromatic heterocycles. The SMILES string of the molecule is CCCCCCCOc1ccc2cc(C#Cc3ccc(C4CCC(CCCCCC)CC4)cc3)ccc2c1. The van der Waals surface area contributed by atoms with Crippen LogP contribution in [0, 0.1) is 17.8 Å². The molecule has 0 atom stereocenters. The third-order valence-electron chi connectivity index (χ3n) is 8.37. The maximum Gasteiger partial charge on any atom is 0.119 e. The molecule has 1 fully saturated rings. The molecule has 4 rings (SSSR count). The molecule has 0 spiro atoms. The van der Waals surface area contributed by atoms with Crippen LogP contribution in [0.4, 0.5) is 0 Å². The lowest BCUT2D eigenvalue weighted by atomic mass is 9.77. The molecular formula is C37H48O. The van der Waals surface area contributed by atoms with Gasteiger partial charge in [-0.15, -0.1) is 0 Å². The largest absolute Gasteiger partial charge is 0.494 e. The zero-order chi connectivity index (χ0) is 26.4. The summed E-state index contributed by atoms with van der Waals surface area (Å²) in [5.41, 5.74) is 3.66. The zero-order valence-corrected chi connectivity index (χ0v) is 23.9. The van der Waals surface area contributed by atoms with E-state index in [4.69, 9.17) is 4.74 Å². The van der Waals surface area contributed by atoms with Gasteiger partial charge in [-0.25, -0.2) is 0 Å². The fourth-order valence-corrected chi connectivity index (χ4v) is 5.91. The molecule has 0 aliphatic heterocycles. The lowest BCUT2D eigenvalue weighted by Crippen LogP contribution is -2.13. The Labute approximate surface area is 232 Å². The first-order valence-electron chi connectivity index (χ1n) is 15.5. The Hall–Kier alpha value is -2.72. The van der Waals surface area contributed by atoms with E-state index in [0.717, 1.165) is 41.7 Å². The Morgan fingerprint density at radius 2 is 1.26 bits per heavy atom. The summed E-state index contributed by atoms with van der Waals surface area (Å²) in [4.78, 5) is 0. The number of unbranched alkanes of at least 4 members (excludes halogenated alkanes) is 7. The van der Waals surface area contributed by atoms with Crippen molar-refractivity contribution in [3.05, 3.63) is 77.4 Å².